The fourth-order valence-corrected chi connectivity index (χ4v) is 3.94. The highest BCUT2D eigenvalue weighted by molar-refractivity contribution is 14.1. The van der Waals surface area contributed by atoms with Crippen LogP contribution in [0.25, 0.3) is 11.5 Å². The molecule has 2 aromatic carbocycles. The summed E-state index contributed by atoms with van der Waals surface area (Å²) in [5.41, 5.74) is -0.136. The molecule has 1 fully saturated rings. The maximum atomic E-state index is 14.6. The topological polar surface area (TPSA) is 66.2 Å². The van der Waals surface area contributed by atoms with E-state index >= 15 is 0 Å². The summed E-state index contributed by atoms with van der Waals surface area (Å²) >= 11 is 1.96. The molecule has 0 amide bonds. The van der Waals surface area contributed by atoms with Crippen molar-refractivity contribution >= 4 is 40.0 Å². The molecule has 0 bridgehead atoms. The van der Waals surface area contributed by atoms with Crippen LogP contribution in [0.1, 0.15) is 19.3 Å². The molecule has 1 aromatic heterocycles. The van der Waals surface area contributed by atoms with Gasteiger partial charge in [-0.1, -0.05) is 11.5 Å². The van der Waals surface area contributed by atoms with Gasteiger partial charge in [0.2, 0.25) is 0 Å². The standard InChI is InChI=1S/C21H21F3IN5O/c22-15-6-5-14(19(18(15)24)27-17-7-4-13(25)12-16(17)23)20-28-29-21(31-20)26-8-11-30-9-2-1-3-10-30/h4-7,12,27H,1-3,8-11H2,(H,26,29). The third-order valence-electron chi connectivity index (χ3n) is 5.09. The molecule has 0 unspecified atom stereocenters. The lowest BCUT2D eigenvalue weighted by molar-refractivity contribution is 0.236. The number of piperidine rings is 1. The Hall–Kier alpha value is -2.34. The molecule has 0 saturated carbocycles. The van der Waals surface area contributed by atoms with E-state index in [1.54, 1.807) is 6.07 Å². The van der Waals surface area contributed by atoms with Gasteiger partial charge in [0.15, 0.2) is 11.6 Å². The van der Waals surface area contributed by atoms with E-state index in [-0.39, 0.29) is 28.8 Å². The van der Waals surface area contributed by atoms with Crippen LogP contribution in [0.3, 0.4) is 0 Å². The molecule has 6 nitrogen and oxygen atoms in total. The number of rotatable bonds is 7. The molecule has 1 aliphatic rings. The lowest BCUT2D eigenvalue weighted by atomic mass is 10.1. The molecule has 1 saturated heterocycles. The van der Waals surface area contributed by atoms with Gasteiger partial charge in [0.1, 0.15) is 5.82 Å². The molecule has 3 aromatic rings. The molecule has 2 heterocycles. The summed E-state index contributed by atoms with van der Waals surface area (Å²) in [4.78, 5) is 2.36. The first-order chi connectivity index (χ1) is 15.0. The van der Waals surface area contributed by atoms with Gasteiger partial charge in [-0.05, 0) is 78.9 Å². The van der Waals surface area contributed by atoms with Crippen molar-refractivity contribution in [3.8, 4) is 11.5 Å². The molecule has 31 heavy (non-hydrogen) atoms. The lowest BCUT2D eigenvalue weighted by Crippen LogP contribution is -2.33. The third-order valence-corrected chi connectivity index (χ3v) is 5.76. The quantitative estimate of drug-likeness (QED) is 0.390. The number of nitrogens with zero attached hydrogens (tertiary/aromatic N) is 3. The first kappa shape index (κ1) is 21.9. The van der Waals surface area contributed by atoms with Crippen molar-refractivity contribution in [1.82, 2.24) is 15.1 Å². The molecule has 1 aliphatic heterocycles. The van der Waals surface area contributed by atoms with Crippen LogP contribution in [0.2, 0.25) is 0 Å². The maximum absolute atomic E-state index is 14.6. The fraction of sp³-hybridized carbons (Fsp3) is 0.333. The van der Waals surface area contributed by atoms with Gasteiger partial charge in [-0.2, -0.15) is 0 Å². The van der Waals surface area contributed by atoms with Crippen molar-refractivity contribution in [1.29, 1.82) is 0 Å². The highest BCUT2D eigenvalue weighted by Gasteiger charge is 2.21. The number of halogens is 4. The summed E-state index contributed by atoms with van der Waals surface area (Å²) in [5, 5.41) is 13.6. The van der Waals surface area contributed by atoms with E-state index in [1.165, 1.54) is 37.5 Å². The van der Waals surface area contributed by atoms with E-state index in [1.807, 2.05) is 22.6 Å². The first-order valence-electron chi connectivity index (χ1n) is 10.0. The SMILES string of the molecule is Fc1cc(I)ccc1Nc1c(-c2nnc(NCCN3CCCCC3)o2)ccc(F)c1F. The van der Waals surface area contributed by atoms with Crippen LogP contribution in [0.4, 0.5) is 30.6 Å². The normalized spacial score (nSPS) is 14.6. The van der Waals surface area contributed by atoms with Crippen molar-refractivity contribution in [2.45, 2.75) is 19.3 Å². The molecule has 164 valence electrons. The zero-order valence-corrected chi connectivity index (χ0v) is 18.8. The van der Waals surface area contributed by atoms with E-state index < -0.39 is 17.5 Å². The summed E-state index contributed by atoms with van der Waals surface area (Å²) in [7, 11) is 0. The Morgan fingerprint density at radius 1 is 1.00 bits per heavy atom. The predicted octanol–water partition coefficient (Wildman–Crippen LogP) is 5.40. The number of hydrogen-bond acceptors (Lipinski definition) is 6. The van der Waals surface area contributed by atoms with Crippen molar-refractivity contribution in [3.05, 3.63) is 51.4 Å². The Bertz CT molecular complexity index is 1060. The Kier molecular flexibility index (Phi) is 6.96. The largest absolute Gasteiger partial charge is 0.403 e. The minimum atomic E-state index is -1.16. The van der Waals surface area contributed by atoms with Gasteiger partial charge in [0.25, 0.3) is 5.89 Å². The van der Waals surface area contributed by atoms with Crippen LogP contribution in [0.5, 0.6) is 0 Å². The van der Waals surface area contributed by atoms with Crippen LogP contribution in [0.15, 0.2) is 34.7 Å². The Morgan fingerprint density at radius 2 is 1.81 bits per heavy atom. The third kappa shape index (κ3) is 5.29. The monoisotopic (exact) mass is 543 g/mol. The molecular formula is C21H21F3IN5O. The van der Waals surface area contributed by atoms with Gasteiger partial charge in [-0.25, -0.2) is 13.2 Å². The smallest absolute Gasteiger partial charge is 0.315 e. The van der Waals surface area contributed by atoms with Gasteiger partial charge >= 0.3 is 6.01 Å². The first-order valence-corrected chi connectivity index (χ1v) is 11.1. The molecular weight excluding hydrogens is 522 g/mol. The van der Waals surface area contributed by atoms with Crippen LogP contribution < -0.4 is 10.6 Å². The molecule has 2 N–H and O–H groups in total. The lowest BCUT2D eigenvalue weighted by Gasteiger charge is -2.26. The van der Waals surface area contributed by atoms with E-state index in [0.717, 1.165) is 25.7 Å². The van der Waals surface area contributed by atoms with Gasteiger partial charge in [-0.15, -0.1) is 5.10 Å². The van der Waals surface area contributed by atoms with Crippen LogP contribution in [-0.2, 0) is 0 Å². The molecule has 0 radical (unpaired) electrons. The molecule has 10 heteroatoms. The van der Waals surface area contributed by atoms with Gasteiger partial charge < -0.3 is 20.0 Å². The predicted molar refractivity (Wildman–Crippen MR) is 121 cm³/mol. The van der Waals surface area contributed by atoms with Gasteiger partial charge in [0.05, 0.1) is 16.9 Å². The Balaban J connectivity index is 1.52. The van der Waals surface area contributed by atoms with Crippen molar-refractivity contribution in [3.63, 3.8) is 0 Å². The van der Waals surface area contributed by atoms with Gasteiger partial charge in [-0.3, -0.25) is 0 Å². The summed E-state index contributed by atoms with van der Waals surface area (Å²) in [6, 6.07) is 6.86. The molecule has 0 spiro atoms. The summed E-state index contributed by atoms with van der Waals surface area (Å²) in [5.74, 6) is -2.83. The van der Waals surface area contributed by atoms with Crippen LogP contribution >= 0.6 is 22.6 Å². The minimum Gasteiger partial charge on any atom is -0.403 e. The number of benzene rings is 2. The van der Waals surface area contributed by atoms with Crippen LogP contribution in [-0.4, -0.2) is 41.3 Å². The molecule has 0 aliphatic carbocycles. The van der Waals surface area contributed by atoms with Crippen molar-refractivity contribution < 1.29 is 17.6 Å². The number of hydrogen-bond donors (Lipinski definition) is 2. The summed E-state index contributed by atoms with van der Waals surface area (Å²) < 4.78 is 49.0. The highest BCUT2D eigenvalue weighted by atomic mass is 127. The molecule has 4 rings (SSSR count). The zero-order valence-electron chi connectivity index (χ0n) is 16.6. The fourth-order valence-electron chi connectivity index (χ4n) is 3.48. The molecule has 0 atom stereocenters. The number of anilines is 3. The highest BCUT2D eigenvalue weighted by Crippen LogP contribution is 2.34. The van der Waals surface area contributed by atoms with Crippen LogP contribution in [0, 0.1) is 21.0 Å². The Morgan fingerprint density at radius 3 is 2.58 bits per heavy atom. The van der Waals surface area contributed by atoms with Gasteiger partial charge in [0, 0.05) is 16.7 Å². The average Bonchev–Trinajstić information content (AvgIpc) is 3.22. The number of aromatic nitrogens is 2. The summed E-state index contributed by atoms with van der Waals surface area (Å²) in [6.07, 6.45) is 3.68. The Labute approximate surface area is 191 Å². The average molecular weight is 543 g/mol. The number of nitrogens with one attached hydrogen (secondary N) is 2. The second kappa shape index (κ2) is 9.86. The maximum Gasteiger partial charge on any atom is 0.315 e. The van der Waals surface area contributed by atoms with Crippen molar-refractivity contribution in [2.75, 3.05) is 36.8 Å². The summed E-state index contributed by atoms with van der Waals surface area (Å²) in [6.45, 7) is 3.63. The van der Waals surface area contributed by atoms with E-state index in [2.05, 4.69) is 25.7 Å². The van der Waals surface area contributed by atoms with Crippen molar-refractivity contribution in [2.24, 2.45) is 0 Å². The number of likely N-dealkylation sites (tertiary alicyclic amines) is 1. The van der Waals surface area contributed by atoms with E-state index in [9.17, 15) is 13.2 Å². The van der Waals surface area contributed by atoms with E-state index in [0.29, 0.717) is 10.1 Å². The minimum absolute atomic E-state index is 0.00515. The second-order valence-corrected chi connectivity index (χ2v) is 8.52. The second-order valence-electron chi connectivity index (χ2n) is 7.27. The zero-order chi connectivity index (χ0) is 21.8. The van der Waals surface area contributed by atoms with E-state index in [4.69, 9.17) is 4.42 Å².